The zero-order valence-corrected chi connectivity index (χ0v) is 17.2. The Bertz CT molecular complexity index is 1130. The lowest BCUT2D eigenvalue weighted by atomic mass is 10.2. The van der Waals surface area contributed by atoms with Crippen LogP contribution >= 0.6 is 11.6 Å². The molecule has 0 aliphatic heterocycles. The van der Waals surface area contributed by atoms with E-state index in [0.717, 1.165) is 11.6 Å². The van der Waals surface area contributed by atoms with Crippen LogP contribution in [0.25, 0.3) is 0 Å². The topological polar surface area (TPSA) is 77.0 Å². The summed E-state index contributed by atoms with van der Waals surface area (Å²) >= 11 is 5.95. The fraction of sp³-hybridized carbons (Fsp3) is 0.0870. The highest BCUT2D eigenvalue weighted by atomic mass is 35.5. The number of hydrogen-bond donors (Lipinski definition) is 1. The second-order valence-corrected chi connectivity index (χ2v) is 6.87. The van der Waals surface area contributed by atoms with Crippen LogP contribution in [0.3, 0.4) is 0 Å². The zero-order chi connectivity index (χ0) is 22.2. The van der Waals surface area contributed by atoms with E-state index >= 15 is 0 Å². The molecule has 0 bridgehead atoms. The smallest absolute Gasteiger partial charge is 0.343 e. The molecule has 158 valence electrons. The van der Waals surface area contributed by atoms with Crippen LogP contribution in [-0.2, 0) is 4.79 Å². The first kappa shape index (κ1) is 22.0. The Morgan fingerprint density at radius 1 is 1.06 bits per heavy atom. The molecular weight excluding hydrogens is 423 g/mol. The quantitative estimate of drug-likeness (QED) is 0.253. The molecule has 0 aromatic heterocycles. The molecule has 0 aliphatic rings. The number of hydrogen-bond acceptors (Lipinski definition) is 5. The van der Waals surface area contributed by atoms with E-state index in [1.807, 2.05) is 6.92 Å². The van der Waals surface area contributed by atoms with E-state index in [0.29, 0.717) is 16.3 Å². The molecule has 6 nitrogen and oxygen atoms in total. The molecule has 3 aromatic rings. The second-order valence-electron chi connectivity index (χ2n) is 6.47. The molecule has 0 unspecified atom stereocenters. The monoisotopic (exact) mass is 440 g/mol. The van der Waals surface area contributed by atoms with Crippen molar-refractivity contribution in [2.75, 3.05) is 6.61 Å². The van der Waals surface area contributed by atoms with Crippen molar-refractivity contribution in [1.82, 2.24) is 5.43 Å². The molecule has 0 atom stereocenters. The molecule has 0 fully saturated rings. The van der Waals surface area contributed by atoms with Gasteiger partial charge in [-0.1, -0.05) is 29.8 Å². The molecule has 3 aromatic carbocycles. The molecule has 0 heterocycles. The number of nitrogens with zero attached hydrogens (tertiary/aromatic N) is 1. The number of nitrogens with one attached hydrogen (secondary N) is 1. The summed E-state index contributed by atoms with van der Waals surface area (Å²) < 4.78 is 23.9. The third-order valence-corrected chi connectivity index (χ3v) is 4.46. The van der Waals surface area contributed by atoms with Crippen molar-refractivity contribution in [2.45, 2.75) is 6.92 Å². The fourth-order valence-electron chi connectivity index (χ4n) is 2.51. The van der Waals surface area contributed by atoms with Crippen LogP contribution in [0, 0.1) is 12.7 Å². The summed E-state index contributed by atoms with van der Waals surface area (Å²) in [5.41, 5.74) is 3.87. The van der Waals surface area contributed by atoms with Gasteiger partial charge >= 0.3 is 5.97 Å². The van der Waals surface area contributed by atoms with Crippen molar-refractivity contribution >= 4 is 29.7 Å². The Morgan fingerprint density at radius 2 is 1.87 bits per heavy atom. The van der Waals surface area contributed by atoms with Gasteiger partial charge in [-0.3, -0.25) is 4.79 Å². The molecule has 0 saturated heterocycles. The van der Waals surface area contributed by atoms with Crippen LogP contribution in [0.4, 0.5) is 4.39 Å². The molecular formula is C23H18ClFN2O4. The molecule has 0 radical (unpaired) electrons. The number of amides is 1. The van der Waals surface area contributed by atoms with Crippen molar-refractivity contribution < 1.29 is 23.5 Å². The van der Waals surface area contributed by atoms with Crippen LogP contribution in [0.15, 0.2) is 71.8 Å². The van der Waals surface area contributed by atoms with Crippen LogP contribution in [-0.4, -0.2) is 24.7 Å². The van der Waals surface area contributed by atoms with Crippen molar-refractivity contribution in [1.29, 1.82) is 0 Å². The van der Waals surface area contributed by atoms with E-state index in [2.05, 4.69) is 10.5 Å². The Hall–Kier alpha value is -3.71. The maximum atomic E-state index is 13.2. The molecule has 3 rings (SSSR count). The predicted molar refractivity (Wildman–Crippen MR) is 115 cm³/mol. The number of carbonyl (C=O) groups is 2. The SMILES string of the molecule is Cc1cc(OCC(=O)NN=Cc2cccc(OC(=O)c3cccc(F)c3)c2)ccc1Cl. The second kappa shape index (κ2) is 10.4. The Balaban J connectivity index is 1.52. The number of ether oxygens (including phenoxy) is 2. The highest BCUT2D eigenvalue weighted by Gasteiger charge is 2.09. The minimum atomic E-state index is -0.684. The zero-order valence-electron chi connectivity index (χ0n) is 16.5. The Morgan fingerprint density at radius 3 is 2.65 bits per heavy atom. The molecule has 0 aliphatic carbocycles. The number of carbonyl (C=O) groups excluding carboxylic acids is 2. The van der Waals surface area contributed by atoms with Gasteiger partial charge in [0, 0.05) is 5.02 Å². The third-order valence-electron chi connectivity index (χ3n) is 4.03. The molecule has 1 N–H and O–H groups in total. The lowest BCUT2D eigenvalue weighted by Crippen LogP contribution is -2.24. The molecule has 0 saturated carbocycles. The highest BCUT2D eigenvalue weighted by Crippen LogP contribution is 2.21. The van der Waals surface area contributed by atoms with Gasteiger partial charge in [-0.05, 0) is 66.6 Å². The van der Waals surface area contributed by atoms with Crippen molar-refractivity contribution in [3.05, 3.63) is 94.3 Å². The number of rotatable bonds is 7. The number of esters is 1. The van der Waals surface area contributed by atoms with Crippen LogP contribution in [0.2, 0.25) is 5.02 Å². The first-order chi connectivity index (χ1) is 14.9. The normalized spacial score (nSPS) is 10.7. The van der Waals surface area contributed by atoms with E-state index in [1.54, 1.807) is 42.5 Å². The van der Waals surface area contributed by atoms with E-state index in [4.69, 9.17) is 21.1 Å². The van der Waals surface area contributed by atoms with Gasteiger partial charge in [0.1, 0.15) is 17.3 Å². The van der Waals surface area contributed by atoms with Gasteiger partial charge in [0.05, 0.1) is 11.8 Å². The van der Waals surface area contributed by atoms with Gasteiger partial charge in [-0.25, -0.2) is 14.6 Å². The van der Waals surface area contributed by atoms with Crippen molar-refractivity contribution in [3.8, 4) is 11.5 Å². The van der Waals surface area contributed by atoms with Gasteiger partial charge in [0.15, 0.2) is 6.61 Å². The summed E-state index contributed by atoms with van der Waals surface area (Å²) in [6.07, 6.45) is 1.39. The summed E-state index contributed by atoms with van der Waals surface area (Å²) in [6, 6.07) is 16.8. The standard InChI is InChI=1S/C23H18ClFN2O4/c1-15-10-19(8-9-21(15)24)30-14-22(28)27-26-13-16-4-2-7-20(11-16)31-23(29)17-5-3-6-18(25)12-17/h2-13H,14H2,1H3,(H,27,28). The van der Waals surface area contributed by atoms with Gasteiger partial charge < -0.3 is 9.47 Å². The van der Waals surface area contributed by atoms with Gasteiger partial charge in [0.25, 0.3) is 5.91 Å². The lowest BCUT2D eigenvalue weighted by Gasteiger charge is -2.07. The van der Waals surface area contributed by atoms with Crippen LogP contribution in [0.1, 0.15) is 21.5 Å². The highest BCUT2D eigenvalue weighted by molar-refractivity contribution is 6.31. The van der Waals surface area contributed by atoms with Gasteiger partial charge in [0.2, 0.25) is 0 Å². The molecule has 1 amide bonds. The summed E-state index contributed by atoms with van der Waals surface area (Å²) in [7, 11) is 0. The number of halogens is 2. The minimum Gasteiger partial charge on any atom is -0.484 e. The van der Waals surface area contributed by atoms with E-state index in [1.165, 1.54) is 24.4 Å². The summed E-state index contributed by atoms with van der Waals surface area (Å²) in [5.74, 6) is -0.880. The first-order valence-electron chi connectivity index (χ1n) is 9.19. The molecule has 0 spiro atoms. The summed E-state index contributed by atoms with van der Waals surface area (Å²) in [5, 5.41) is 4.48. The largest absolute Gasteiger partial charge is 0.484 e. The van der Waals surface area contributed by atoms with Crippen molar-refractivity contribution in [3.63, 3.8) is 0 Å². The Labute approximate surface area is 183 Å². The average Bonchev–Trinajstić information content (AvgIpc) is 2.75. The minimum absolute atomic E-state index is 0.0993. The third kappa shape index (κ3) is 6.65. The lowest BCUT2D eigenvalue weighted by molar-refractivity contribution is -0.123. The predicted octanol–water partition coefficient (Wildman–Crippen LogP) is 4.54. The number of hydrazone groups is 1. The van der Waals surface area contributed by atoms with E-state index in [9.17, 15) is 14.0 Å². The maximum absolute atomic E-state index is 13.2. The number of benzene rings is 3. The van der Waals surface area contributed by atoms with Gasteiger partial charge in [-0.15, -0.1) is 0 Å². The summed E-state index contributed by atoms with van der Waals surface area (Å²) in [4.78, 5) is 24.0. The molecule has 8 heteroatoms. The molecule has 31 heavy (non-hydrogen) atoms. The van der Waals surface area contributed by atoms with Gasteiger partial charge in [-0.2, -0.15) is 5.10 Å². The van der Waals surface area contributed by atoms with Crippen LogP contribution in [0.5, 0.6) is 11.5 Å². The van der Waals surface area contributed by atoms with Crippen molar-refractivity contribution in [2.24, 2.45) is 5.10 Å². The summed E-state index contributed by atoms with van der Waals surface area (Å²) in [6.45, 7) is 1.62. The fourth-order valence-corrected chi connectivity index (χ4v) is 2.62. The van der Waals surface area contributed by atoms with Crippen LogP contribution < -0.4 is 14.9 Å². The maximum Gasteiger partial charge on any atom is 0.343 e. The van der Waals surface area contributed by atoms with E-state index < -0.39 is 17.7 Å². The Kier molecular flexibility index (Phi) is 7.35. The number of aryl methyl sites for hydroxylation is 1. The first-order valence-corrected chi connectivity index (χ1v) is 9.57. The average molecular weight is 441 g/mol. The van der Waals surface area contributed by atoms with E-state index in [-0.39, 0.29) is 17.9 Å².